The number of aromatic nitrogens is 2. The summed E-state index contributed by atoms with van der Waals surface area (Å²) in [6.45, 7) is 11.9. The Bertz CT molecular complexity index is 945. The summed E-state index contributed by atoms with van der Waals surface area (Å²) in [4.78, 5) is 28.8. The number of nitrogens with one attached hydrogen (secondary N) is 1. The first-order valence-corrected chi connectivity index (χ1v) is 11.3. The molecule has 0 aliphatic carbocycles. The van der Waals surface area contributed by atoms with Crippen molar-refractivity contribution >= 4 is 23.6 Å². The SMILES string of the molecule is Cc1c(C(=O)NCCCN2CCN(C(=O)OC(C)(C)C)CC2)cnn1-c1cccc(Cl)c1. The maximum absolute atomic E-state index is 12.6. The van der Waals surface area contributed by atoms with Gasteiger partial charge in [-0.25, -0.2) is 9.48 Å². The molecule has 0 spiro atoms. The van der Waals surface area contributed by atoms with Crippen LogP contribution in [0.5, 0.6) is 0 Å². The van der Waals surface area contributed by atoms with Crippen LogP contribution >= 0.6 is 11.6 Å². The molecule has 1 saturated heterocycles. The van der Waals surface area contributed by atoms with Gasteiger partial charge in [-0.15, -0.1) is 0 Å². The second-order valence-corrected chi connectivity index (χ2v) is 9.39. The van der Waals surface area contributed by atoms with Crippen LogP contribution in [0.15, 0.2) is 30.5 Å². The normalized spacial score (nSPS) is 15.0. The molecule has 0 bridgehead atoms. The molecule has 8 nitrogen and oxygen atoms in total. The van der Waals surface area contributed by atoms with Gasteiger partial charge >= 0.3 is 6.09 Å². The highest BCUT2D eigenvalue weighted by molar-refractivity contribution is 6.30. The lowest BCUT2D eigenvalue weighted by Crippen LogP contribution is -2.50. The molecule has 3 rings (SSSR count). The number of nitrogens with zero attached hydrogens (tertiary/aromatic N) is 4. The second kappa shape index (κ2) is 10.4. The fraction of sp³-hybridized carbons (Fsp3) is 0.522. The van der Waals surface area contributed by atoms with Gasteiger partial charge in [-0.05, 0) is 58.9 Å². The van der Waals surface area contributed by atoms with Gasteiger partial charge < -0.3 is 15.0 Å². The molecule has 1 aromatic carbocycles. The van der Waals surface area contributed by atoms with Crippen LogP contribution in [0.2, 0.25) is 5.02 Å². The molecular weight excluding hydrogens is 430 g/mol. The van der Waals surface area contributed by atoms with Crippen molar-refractivity contribution in [1.82, 2.24) is 24.9 Å². The van der Waals surface area contributed by atoms with E-state index in [1.165, 1.54) is 0 Å². The van der Waals surface area contributed by atoms with Crippen molar-refractivity contribution < 1.29 is 14.3 Å². The van der Waals surface area contributed by atoms with Crippen molar-refractivity contribution in [2.45, 2.75) is 39.7 Å². The molecule has 0 radical (unpaired) electrons. The van der Waals surface area contributed by atoms with E-state index in [-0.39, 0.29) is 12.0 Å². The van der Waals surface area contributed by atoms with E-state index in [0.29, 0.717) is 30.2 Å². The maximum Gasteiger partial charge on any atom is 0.410 e. The molecular formula is C23H32ClN5O3. The minimum atomic E-state index is -0.477. The van der Waals surface area contributed by atoms with Crippen molar-refractivity contribution in [1.29, 1.82) is 0 Å². The Kier molecular flexibility index (Phi) is 7.79. The standard InChI is InChI=1S/C23H32ClN5O3/c1-17-20(16-26-29(17)19-8-5-7-18(24)15-19)21(30)25-9-6-10-27-11-13-28(14-12-27)22(31)32-23(2,3)4/h5,7-8,15-16H,6,9-14H2,1-4H3,(H,25,30). The van der Waals surface area contributed by atoms with Crippen LogP contribution in [0.4, 0.5) is 4.79 Å². The second-order valence-electron chi connectivity index (χ2n) is 8.95. The van der Waals surface area contributed by atoms with Crippen molar-refractivity contribution in [3.05, 3.63) is 46.7 Å². The van der Waals surface area contributed by atoms with E-state index in [2.05, 4.69) is 15.3 Å². The summed E-state index contributed by atoms with van der Waals surface area (Å²) in [5.74, 6) is -0.134. The molecule has 0 atom stereocenters. The molecule has 1 aromatic heterocycles. The van der Waals surface area contributed by atoms with Gasteiger partial charge in [0.15, 0.2) is 0 Å². The van der Waals surface area contributed by atoms with E-state index in [9.17, 15) is 9.59 Å². The lowest BCUT2D eigenvalue weighted by atomic mass is 10.2. The average molecular weight is 462 g/mol. The Morgan fingerprint density at radius 1 is 1.19 bits per heavy atom. The molecule has 1 aliphatic heterocycles. The average Bonchev–Trinajstić information content (AvgIpc) is 3.11. The molecule has 174 valence electrons. The minimum absolute atomic E-state index is 0.134. The summed E-state index contributed by atoms with van der Waals surface area (Å²) < 4.78 is 7.15. The van der Waals surface area contributed by atoms with E-state index >= 15 is 0 Å². The summed E-state index contributed by atoms with van der Waals surface area (Å²) >= 11 is 6.06. The van der Waals surface area contributed by atoms with Crippen molar-refractivity contribution in [3.63, 3.8) is 0 Å². The number of carbonyl (C=O) groups excluding carboxylic acids is 2. The van der Waals surface area contributed by atoms with E-state index in [1.807, 2.05) is 45.9 Å². The van der Waals surface area contributed by atoms with Crippen LogP contribution in [0.1, 0.15) is 43.2 Å². The highest BCUT2D eigenvalue weighted by atomic mass is 35.5. The first-order chi connectivity index (χ1) is 15.1. The molecule has 32 heavy (non-hydrogen) atoms. The van der Waals surface area contributed by atoms with E-state index in [4.69, 9.17) is 16.3 Å². The Balaban J connectivity index is 1.41. The van der Waals surface area contributed by atoms with Crippen LogP contribution in [-0.2, 0) is 4.74 Å². The van der Waals surface area contributed by atoms with Crippen LogP contribution in [0, 0.1) is 6.92 Å². The van der Waals surface area contributed by atoms with E-state index in [1.54, 1.807) is 21.8 Å². The van der Waals surface area contributed by atoms with E-state index in [0.717, 1.165) is 37.4 Å². The monoisotopic (exact) mass is 461 g/mol. The Morgan fingerprint density at radius 3 is 2.56 bits per heavy atom. The topological polar surface area (TPSA) is 79.7 Å². The van der Waals surface area contributed by atoms with Gasteiger partial charge in [-0.1, -0.05) is 17.7 Å². The first kappa shape index (κ1) is 24.1. The molecule has 0 saturated carbocycles. The number of benzene rings is 1. The molecule has 1 fully saturated rings. The number of piperazine rings is 1. The molecule has 2 amide bonds. The molecule has 0 unspecified atom stereocenters. The molecule has 2 heterocycles. The Labute approximate surface area is 194 Å². The zero-order valence-corrected chi connectivity index (χ0v) is 20.0. The van der Waals surface area contributed by atoms with Gasteiger partial charge in [0.25, 0.3) is 5.91 Å². The van der Waals surface area contributed by atoms with Crippen molar-refractivity contribution in [2.24, 2.45) is 0 Å². The Hall–Kier alpha value is -2.58. The van der Waals surface area contributed by atoms with Crippen molar-refractivity contribution in [2.75, 3.05) is 39.3 Å². The van der Waals surface area contributed by atoms with Gasteiger partial charge in [-0.2, -0.15) is 5.10 Å². The zero-order valence-electron chi connectivity index (χ0n) is 19.2. The molecule has 2 aromatic rings. The number of halogens is 1. The summed E-state index contributed by atoms with van der Waals surface area (Å²) in [6.07, 6.45) is 2.17. The predicted molar refractivity (Wildman–Crippen MR) is 125 cm³/mol. The van der Waals surface area contributed by atoms with Gasteiger partial charge in [0.2, 0.25) is 0 Å². The first-order valence-electron chi connectivity index (χ1n) is 10.9. The van der Waals surface area contributed by atoms with Gasteiger partial charge in [-0.3, -0.25) is 9.69 Å². The number of rotatable bonds is 6. The van der Waals surface area contributed by atoms with Crippen LogP contribution < -0.4 is 5.32 Å². The van der Waals surface area contributed by atoms with Gasteiger partial charge in [0.1, 0.15) is 5.60 Å². The molecule has 1 aliphatic rings. The van der Waals surface area contributed by atoms with Crippen LogP contribution in [-0.4, -0.2) is 76.5 Å². The fourth-order valence-electron chi connectivity index (χ4n) is 3.58. The number of hydrogen-bond donors (Lipinski definition) is 1. The fourth-order valence-corrected chi connectivity index (χ4v) is 3.77. The lowest BCUT2D eigenvalue weighted by Gasteiger charge is -2.35. The van der Waals surface area contributed by atoms with Gasteiger partial charge in [0, 0.05) is 37.7 Å². The largest absolute Gasteiger partial charge is 0.444 e. The summed E-state index contributed by atoms with van der Waals surface area (Å²) in [5, 5.41) is 7.94. The predicted octanol–water partition coefficient (Wildman–Crippen LogP) is 3.51. The third-order valence-electron chi connectivity index (χ3n) is 5.27. The molecule has 9 heteroatoms. The third kappa shape index (κ3) is 6.46. The number of ether oxygens (including phenoxy) is 1. The quantitative estimate of drug-likeness (QED) is 0.666. The highest BCUT2D eigenvalue weighted by Gasteiger charge is 2.25. The van der Waals surface area contributed by atoms with Crippen LogP contribution in [0.25, 0.3) is 5.69 Å². The summed E-state index contributed by atoms with van der Waals surface area (Å²) in [7, 11) is 0. The smallest absolute Gasteiger partial charge is 0.410 e. The summed E-state index contributed by atoms with van der Waals surface area (Å²) in [6, 6.07) is 7.36. The maximum atomic E-state index is 12.6. The Morgan fingerprint density at radius 2 is 1.91 bits per heavy atom. The minimum Gasteiger partial charge on any atom is -0.444 e. The third-order valence-corrected chi connectivity index (χ3v) is 5.50. The lowest BCUT2D eigenvalue weighted by molar-refractivity contribution is 0.0144. The number of hydrogen-bond acceptors (Lipinski definition) is 5. The zero-order chi connectivity index (χ0) is 23.3. The summed E-state index contributed by atoms with van der Waals surface area (Å²) in [5.41, 5.74) is 1.66. The van der Waals surface area contributed by atoms with E-state index < -0.39 is 5.60 Å². The van der Waals surface area contributed by atoms with Crippen LogP contribution in [0.3, 0.4) is 0 Å². The number of carbonyl (C=O) groups is 2. The molecule has 1 N–H and O–H groups in total. The van der Waals surface area contributed by atoms with Gasteiger partial charge in [0.05, 0.1) is 23.1 Å². The highest BCUT2D eigenvalue weighted by Crippen LogP contribution is 2.18. The van der Waals surface area contributed by atoms with Crippen molar-refractivity contribution in [3.8, 4) is 5.69 Å². The number of amides is 2.